The third-order valence-electron chi connectivity index (χ3n) is 10.5. The topological polar surface area (TPSA) is 189 Å². The highest BCUT2D eigenvalue weighted by Crippen LogP contribution is 2.23. The van der Waals surface area contributed by atoms with E-state index in [4.69, 9.17) is 9.47 Å². The van der Waals surface area contributed by atoms with E-state index < -0.39 is 74.2 Å². The van der Waals surface area contributed by atoms with E-state index in [1.807, 2.05) is 0 Å². The summed E-state index contributed by atoms with van der Waals surface area (Å²) >= 11 is 0. The van der Waals surface area contributed by atoms with Gasteiger partial charge in [-0.05, 0) is 51.4 Å². The number of aliphatic hydroxyl groups is 7. The van der Waals surface area contributed by atoms with Crippen LogP contribution in [0.4, 0.5) is 0 Å². The third kappa shape index (κ3) is 23.6. The second kappa shape index (κ2) is 33.7. The van der Waals surface area contributed by atoms with Gasteiger partial charge in [-0.3, -0.25) is 4.79 Å². The van der Waals surface area contributed by atoms with E-state index in [0.717, 1.165) is 38.5 Å². The van der Waals surface area contributed by atoms with Crippen LogP contribution in [0.1, 0.15) is 174 Å². The Morgan fingerprint density at radius 2 is 1.11 bits per heavy atom. The molecule has 0 aliphatic carbocycles. The Hall–Kier alpha value is -1.41. The Morgan fingerprint density at radius 1 is 0.630 bits per heavy atom. The van der Waals surface area contributed by atoms with Crippen LogP contribution in [-0.2, 0) is 14.3 Å². The van der Waals surface area contributed by atoms with Gasteiger partial charge in [0.15, 0.2) is 6.29 Å². The molecule has 1 rings (SSSR count). The predicted octanol–water partition coefficient (Wildman–Crippen LogP) is 6.28. The lowest BCUT2D eigenvalue weighted by Gasteiger charge is -2.40. The van der Waals surface area contributed by atoms with E-state index in [-0.39, 0.29) is 12.8 Å². The summed E-state index contributed by atoms with van der Waals surface area (Å²) in [5.74, 6) is -0.716. The molecule has 54 heavy (non-hydrogen) atoms. The van der Waals surface area contributed by atoms with Gasteiger partial charge in [-0.25, -0.2) is 0 Å². The van der Waals surface area contributed by atoms with Gasteiger partial charge in [0.1, 0.15) is 36.6 Å². The zero-order chi connectivity index (χ0) is 39.8. The van der Waals surface area contributed by atoms with Crippen molar-refractivity contribution >= 4 is 5.91 Å². The van der Waals surface area contributed by atoms with Gasteiger partial charge in [0, 0.05) is 0 Å². The number of allylic oxidation sites excluding steroid dienone is 4. The average molecular weight is 772 g/mol. The molecule has 0 spiro atoms. The first-order valence-corrected chi connectivity index (χ1v) is 21.7. The summed E-state index contributed by atoms with van der Waals surface area (Å²) in [5.41, 5.74) is 0. The van der Waals surface area contributed by atoms with Crippen molar-refractivity contribution in [2.45, 2.75) is 229 Å². The molecule has 11 heteroatoms. The van der Waals surface area contributed by atoms with Crippen molar-refractivity contribution in [1.29, 1.82) is 0 Å². The standard InChI is InChI=1S/C43H81NO10/c1-3-5-7-9-11-13-14-15-16-17-18-19-20-21-22-23-25-26-28-30-35(46)38(48)34(33-53-43-41(51)40(50)39(49)37(32-45)54-43)44-42(52)36(47)31-29-27-24-12-10-8-6-4-2/h19-20,23,25,34-41,43,45-51H,3-18,21-22,24,26-33H2,1-2H3,(H,44,52)/b20-19+,25-23+. The molecule has 0 aromatic carbocycles. The zero-order valence-electron chi connectivity index (χ0n) is 34.0. The van der Waals surface area contributed by atoms with Crippen molar-refractivity contribution < 1.29 is 50.0 Å². The summed E-state index contributed by atoms with van der Waals surface area (Å²) in [6.45, 7) is 3.36. The molecule has 1 fully saturated rings. The first-order chi connectivity index (χ1) is 26.2. The molecule has 1 aliphatic rings. The summed E-state index contributed by atoms with van der Waals surface area (Å²) in [6, 6.07) is -1.18. The minimum absolute atomic E-state index is 0.248. The van der Waals surface area contributed by atoms with Crippen LogP contribution in [0.15, 0.2) is 24.3 Å². The maximum atomic E-state index is 13.0. The Kier molecular flexibility index (Phi) is 31.6. The molecule has 9 unspecified atom stereocenters. The normalized spacial score (nSPS) is 22.9. The van der Waals surface area contributed by atoms with Gasteiger partial charge in [-0.1, -0.05) is 147 Å². The molecule has 11 nitrogen and oxygen atoms in total. The average Bonchev–Trinajstić information content (AvgIpc) is 3.17. The van der Waals surface area contributed by atoms with Crippen LogP contribution in [0.2, 0.25) is 0 Å². The second-order valence-corrected chi connectivity index (χ2v) is 15.4. The SMILES string of the molecule is CCCCCCCCCCCC/C=C/CC/C=C/CCCC(O)C(O)C(COC1OC(CO)C(O)C(O)C1O)NC(=O)C(O)CCCCCCCCCC. The fraction of sp³-hybridized carbons (Fsp3) is 0.884. The lowest BCUT2D eigenvalue weighted by atomic mass is 9.98. The number of carbonyl (C=O) groups is 1. The summed E-state index contributed by atoms with van der Waals surface area (Å²) in [6.07, 6.45) is 24.0. The van der Waals surface area contributed by atoms with E-state index in [0.29, 0.717) is 19.3 Å². The van der Waals surface area contributed by atoms with E-state index in [9.17, 15) is 40.5 Å². The highest BCUT2D eigenvalue weighted by atomic mass is 16.7. The van der Waals surface area contributed by atoms with Crippen LogP contribution in [-0.4, -0.2) is 110 Å². The molecule has 1 aliphatic heterocycles. The number of aliphatic hydroxyl groups excluding tert-OH is 7. The summed E-state index contributed by atoms with van der Waals surface area (Å²) in [4.78, 5) is 13.0. The Bertz CT molecular complexity index is 934. The van der Waals surface area contributed by atoms with Crippen LogP contribution < -0.4 is 5.32 Å². The molecular weight excluding hydrogens is 690 g/mol. The van der Waals surface area contributed by atoms with Crippen molar-refractivity contribution in [1.82, 2.24) is 5.32 Å². The highest BCUT2D eigenvalue weighted by molar-refractivity contribution is 5.80. The van der Waals surface area contributed by atoms with E-state index in [1.165, 1.54) is 89.9 Å². The third-order valence-corrected chi connectivity index (χ3v) is 10.5. The lowest BCUT2D eigenvalue weighted by Crippen LogP contribution is -2.60. The lowest BCUT2D eigenvalue weighted by molar-refractivity contribution is -0.303. The van der Waals surface area contributed by atoms with Gasteiger partial charge >= 0.3 is 0 Å². The van der Waals surface area contributed by atoms with Gasteiger partial charge in [0.2, 0.25) is 5.91 Å². The van der Waals surface area contributed by atoms with Crippen LogP contribution in [0.25, 0.3) is 0 Å². The smallest absolute Gasteiger partial charge is 0.249 e. The van der Waals surface area contributed by atoms with Gasteiger partial charge in [-0.15, -0.1) is 0 Å². The molecule has 318 valence electrons. The predicted molar refractivity (Wildman–Crippen MR) is 215 cm³/mol. The maximum absolute atomic E-state index is 13.0. The van der Waals surface area contributed by atoms with Crippen LogP contribution in [0.3, 0.4) is 0 Å². The number of nitrogens with one attached hydrogen (secondary N) is 1. The molecule has 0 radical (unpaired) electrons. The Balaban J connectivity index is 2.49. The van der Waals surface area contributed by atoms with E-state index in [2.05, 4.69) is 43.5 Å². The van der Waals surface area contributed by atoms with Crippen molar-refractivity contribution in [2.75, 3.05) is 13.2 Å². The van der Waals surface area contributed by atoms with Crippen LogP contribution in [0.5, 0.6) is 0 Å². The van der Waals surface area contributed by atoms with Crippen molar-refractivity contribution in [3.63, 3.8) is 0 Å². The highest BCUT2D eigenvalue weighted by Gasteiger charge is 2.44. The minimum atomic E-state index is -1.67. The molecule has 0 aromatic rings. The minimum Gasteiger partial charge on any atom is -0.394 e. The number of ether oxygens (including phenoxy) is 2. The van der Waals surface area contributed by atoms with Crippen LogP contribution >= 0.6 is 0 Å². The molecule has 1 heterocycles. The first-order valence-electron chi connectivity index (χ1n) is 21.7. The molecule has 1 saturated heterocycles. The fourth-order valence-electron chi connectivity index (χ4n) is 6.81. The fourth-order valence-corrected chi connectivity index (χ4v) is 6.81. The van der Waals surface area contributed by atoms with E-state index in [1.54, 1.807) is 0 Å². The largest absolute Gasteiger partial charge is 0.394 e. The first kappa shape index (κ1) is 50.6. The zero-order valence-corrected chi connectivity index (χ0v) is 34.0. The number of hydrogen-bond donors (Lipinski definition) is 8. The van der Waals surface area contributed by atoms with Gasteiger partial charge < -0.3 is 50.5 Å². The van der Waals surface area contributed by atoms with Gasteiger partial charge in [0.05, 0.1) is 25.4 Å². The molecule has 0 aromatic heterocycles. The van der Waals surface area contributed by atoms with Gasteiger partial charge in [0.25, 0.3) is 0 Å². The number of amides is 1. The molecule has 8 N–H and O–H groups in total. The molecule has 9 atom stereocenters. The van der Waals surface area contributed by atoms with E-state index >= 15 is 0 Å². The van der Waals surface area contributed by atoms with Crippen LogP contribution in [0, 0.1) is 0 Å². The second-order valence-electron chi connectivity index (χ2n) is 15.4. The van der Waals surface area contributed by atoms with Crippen molar-refractivity contribution in [3.8, 4) is 0 Å². The van der Waals surface area contributed by atoms with Crippen molar-refractivity contribution in [2.24, 2.45) is 0 Å². The molecule has 1 amide bonds. The quantitative estimate of drug-likeness (QED) is 0.0269. The monoisotopic (exact) mass is 772 g/mol. The van der Waals surface area contributed by atoms with Crippen molar-refractivity contribution in [3.05, 3.63) is 24.3 Å². The number of rotatable bonds is 35. The number of carbonyl (C=O) groups excluding carboxylic acids is 1. The molecular formula is C43H81NO10. The molecule has 0 saturated carbocycles. The molecule has 0 bridgehead atoms. The number of unbranched alkanes of at least 4 members (excludes halogenated alkanes) is 19. The Morgan fingerprint density at radius 3 is 1.65 bits per heavy atom. The summed E-state index contributed by atoms with van der Waals surface area (Å²) < 4.78 is 11.0. The summed E-state index contributed by atoms with van der Waals surface area (Å²) in [5, 5.41) is 75.2. The van der Waals surface area contributed by atoms with Gasteiger partial charge in [-0.2, -0.15) is 0 Å². The Labute approximate surface area is 327 Å². The maximum Gasteiger partial charge on any atom is 0.249 e. The number of hydrogen-bond acceptors (Lipinski definition) is 10. The summed E-state index contributed by atoms with van der Waals surface area (Å²) in [7, 11) is 0.